The van der Waals surface area contributed by atoms with Gasteiger partial charge in [-0.25, -0.2) is 4.98 Å². The Kier molecular flexibility index (Phi) is 6.19. The largest absolute Gasteiger partial charge is 0.348 e. The maximum absolute atomic E-state index is 13.1. The Morgan fingerprint density at radius 2 is 1.71 bits per heavy atom. The summed E-state index contributed by atoms with van der Waals surface area (Å²) in [5.74, 6) is 0.245. The number of nitrogens with zero attached hydrogens (tertiary/aromatic N) is 3. The number of amides is 1. The van der Waals surface area contributed by atoms with Crippen molar-refractivity contribution in [3.63, 3.8) is 0 Å². The van der Waals surface area contributed by atoms with Crippen molar-refractivity contribution < 1.29 is 4.79 Å². The van der Waals surface area contributed by atoms with Gasteiger partial charge in [0.15, 0.2) is 5.16 Å². The first-order valence-corrected chi connectivity index (χ1v) is 10.2. The van der Waals surface area contributed by atoms with Gasteiger partial charge in [0.1, 0.15) is 5.25 Å². The molecule has 0 saturated heterocycles. The molecule has 2 aromatic carbocycles. The van der Waals surface area contributed by atoms with Crippen LogP contribution < -0.4 is 5.56 Å². The summed E-state index contributed by atoms with van der Waals surface area (Å²) in [4.78, 5) is 32.4. The van der Waals surface area contributed by atoms with Crippen molar-refractivity contribution in [2.24, 2.45) is 5.92 Å². The second kappa shape index (κ2) is 8.61. The highest BCUT2D eigenvalue weighted by atomic mass is 32.2. The zero-order valence-corrected chi connectivity index (χ0v) is 17.4. The molecule has 1 heterocycles. The molecule has 0 fully saturated rings. The Balaban J connectivity index is 2.14. The van der Waals surface area contributed by atoms with E-state index in [1.54, 1.807) is 29.6 Å². The maximum Gasteiger partial charge on any atom is 0.262 e. The van der Waals surface area contributed by atoms with Gasteiger partial charge in [-0.15, -0.1) is 0 Å². The lowest BCUT2D eigenvalue weighted by Crippen LogP contribution is -2.29. The standard InChI is InChI=1S/C22H25N3O2S/c1-15(2)14-25-20(26)17-12-8-9-13-18(17)23-22(25)28-19(21(27)24(3)4)16-10-6-5-7-11-16/h5-13,15,19H,14H2,1-4H3/t19-/m0/s1. The van der Waals surface area contributed by atoms with Gasteiger partial charge in [-0.2, -0.15) is 0 Å². The number of hydrogen-bond donors (Lipinski definition) is 0. The lowest BCUT2D eigenvalue weighted by atomic mass is 10.1. The van der Waals surface area contributed by atoms with E-state index in [0.717, 1.165) is 5.56 Å². The number of para-hydroxylation sites is 1. The van der Waals surface area contributed by atoms with Crippen LogP contribution in [0.5, 0.6) is 0 Å². The number of carbonyl (C=O) groups is 1. The minimum Gasteiger partial charge on any atom is -0.348 e. The lowest BCUT2D eigenvalue weighted by molar-refractivity contribution is -0.128. The van der Waals surface area contributed by atoms with E-state index < -0.39 is 5.25 Å². The normalized spacial score (nSPS) is 12.3. The quantitative estimate of drug-likeness (QED) is 0.468. The van der Waals surface area contributed by atoms with Crippen molar-refractivity contribution >= 4 is 28.6 Å². The van der Waals surface area contributed by atoms with E-state index in [9.17, 15) is 9.59 Å². The van der Waals surface area contributed by atoms with Crippen LogP contribution in [0.3, 0.4) is 0 Å². The summed E-state index contributed by atoms with van der Waals surface area (Å²) >= 11 is 1.34. The van der Waals surface area contributed by atoms with Gasteiger partial charge in [-0.1, -0.05) is 68.1 Å². The molecule has 0 N–H and O–H groups in total. The fourth-order valence-corrected chi connectivity index (χ4v) is 4.24. The molecule has 0 aliphatic rings. The molecule has 1 aromatic heterocycles. The molecule has 6 heteroatoms. The molecule has 1 amide bonds. The van der Waals surface area contributed by atoms with Crippen LogP contribution in [0.25, 0.3) is 10.9 Å². The molecule has 0 aliphatic heterocycles. The number of fused-ring (bicyclic) bond motifs is 1. The van der Waals surface area contributed by atoms with Crippen LogP contribution in [0.1, 0.15) is 24.7 Å². The predicted molar refractivity (Wildman–Crippen MR) is 115 cm³/mol. The van der Waals surface area contributed by atoms with E-state index in [0.29, 0.717) is 22.6 Å². The first-order chi connectivity index (χ1) is 13.4. The smallest absolute Gasteiger partial charge is 0.262 e. The Morgan fingerprint density at radius 3 is 2.36 bits per heavy atom. The number of carbonyl (C=O) groups excluding carboxylic acids is 1. The molecule has 5 nitrogen and oxygen atoms in total. The van der Waals surface area contributed by atoms with Crippen molar-refractivity contribution in [3.05, 3.63) is 70.5 Å². The molecule has 0 unspecified atom stereocenters. The minimum absolute atomic E-state index is 0.0327. The van der Waals surface area contributed by atoms with Gasteiger partial charge in [-0.3, -0.25) is 14.2 Å². The molecule has 28 heavy (non-hydrogen) atoms. The van der Waals surface area contributed by atoms with Gasteiger partial charge in [0.25, 0.3) is 5.56 Å². The highest BCUT2D eigenvalue weighted by Gasteiger charge is 2.26. The molecule has 146 valence electrons. The van der Waals surface area contributed by atoms with Crippen LogP contribution in [-0.2, 0) is 11.3 Å². The summed E-state index contributed by atoms with van der Waals surface area (Å²) in [5.41, 5.74) is 1.48. The van der Waals surface area contributed by atoms with Crippen molar-refractivity contribution in [1.82, 2.24) is 14.5 Å². The zero-order valence-electron chi connectivity index (χ0n) is 16.6. The van der Waals surface area contributed by atoms with E-state index >= 15 is 0 Å². The van der Waals surface area contributed by atoms with Gasteiger partial charge < -0.3 is 4.90 Å². The van der Waals surface area contributed by atoms with Crippen LogP contribution >= 0.6 is 11.8 Å². The van der Waals surface area contributed by atoms with E-state index in [-0.39, 0.29) is 17.4 Å². The molecule has 0 spiro atoms. The zero-order chi connectivity index (χ0) is 20.3. The van der Waals surface area contributed by atoms with Crippen LogP contribution in [0, 0.1) is 5.92 Å². The number of aromatic nitrogens is 2. The van der Waals surface area contributed by atoms with Gasteiger partial charge >= 0.3 is 0 Å². The average molecular weight is 396 g/mol. The van der Waals surface area contributed by atoms with Crippen LogP contribution in [-0.4, -0.2) is 34.5 Å². The van der Waals surface area contributed by atoms with E-state index in [1.807, 2.05) is 48.5 Å². The van der Waals surface area contributed by atoms with E-state index in [2.05, 4.69) is 13.8 Å². The third-order valence-electron chi connectivity index (χ3n) is 4.36. The molecule has 0 saturated carbocycles. The third kappa shape index (κ3) is 4.28. The van der Waals surface area contributed by atoms with Crippen molar-refractivity contribution in [1.29, 1.82) is 0 Å². The molecule has 0 radical (unpaired) electrons. The topological polar surface area (TPSA) is 55.2 Å². The molecule has 0 aliphatic carbocycles. The van der Waals surface area contributed by atoms with Crippen LogP contribution in [0.4, 0.5) is 0 Å². The Hall–Kier alpha value is -2.60. The van der Waals surface area contributed by atoms with E-state index in [4.69, 9.17) is 4.98 Å². The third-order valence-corrected chi connectivity index (χ3v) is 5.60. The van der Waals surface area contributed by atoms with Gasteiger partial charge in [0.2, 0.25) is 5.91 Å². The number of thioether (sulfide) groups is 1. The fourth-order valence-electron chi connectivity index (χ4n) is 2.99. The van der Waals surface area contributed by atoms with Gasteiger partial charge in [0.05, 0.1) is 10.9 Å². The van der Waals surface area contributed by atoms with E-state index in [1.165, 1.54) is 11.8 Å². The molecule has 3 aromatic rings. The molecule has 0 bridgehead atoms. The first kappa shape index (κ1) is 20.1. The summed E-state index contributed by atoms with van der Waals surface area (Å²) in [6.07, 6.45) is 0. The lowest BCUT2D eigenvalue weighted by Gasteiger charge is -2.22. The Bertz CT molecular complexity index is 1030. The predicted octanol–water partition coefficient (Wildman–Crippen LogP) is 3.97. The second-order valence-corrected chi connectivity index (χ2v) is 8.43. The number of benzene rings is 2. The summed E-state index contributed by atoms with van der Waals surface area (Å²) < 4.78 is 1.70. The summed E-state index contributed by atoms with van der Waals surface area (Å²) in [7, 11) is 3.49. The number of hydrogen-bond acceptors (Lipinski definition) is 4. The molecule has 1 atom stereocenters. The number of likely N-dealkylation sites (N-methyl/N-ethyl adjacent to an activating group) is 1. The number of rotatable bonds is 6. The summed E-state index contributed by atoms with van der Waals surface area (Å²) in [5, 5.41) is 0.701. The average Bonchev–Trinajstić information content (AvgIpc) is 2.68. The molecular weight excluding hydrogens is 370 g/mol. The minimum atomic E-state index is -0.470. The molecular formula is C22H25N3O2S. The van der Waals surface area contributed by atoms with Gasteiger partial charge in [-0.05, 0) is 23.6 Å². The highest BCUT2D eigenvalue weighted by Crippen LogP contribution is 2.35. The first-order valence-electron chi connectivity index (χ1n) is 9.31. The van der Waals surface area contributed by atoms with Crippen molar-refractivity contribution in [2.45, 2.75) is 30.8 Å². The van der Waals surface area contributed by atoms with Crippen molar-refractivity contribution in [3.8, 4) is 0 Å². The van der Waals surface area contributed by atoms with Crippen LogP contribution in [0.2, 0.25) is 0 Å². The second-order valence-electron chi connectivity index (χ2n) is 7.36. The Labute approximate surface area is 169 Å². The Morgan fingerprint density at radius 1 is 1.07 bits per heavy atom. The maximum atomic E-state index is 13.1. The van der Waals surface area contributed by atoms with Gasteiger partial charge in [0, 0.05) is 20.6 Å². The monoisotopic (exact) mass is 395 g/mol. The summed E-state index contributed by atoms with van der Waals surface area (Å²) in [6, 6.07) is 17.0. The fraction of sp³-hybridized carbons (Fsp3) is 0.318. The van der Waals surface area contributed by atoms with Crippen molar-refractivity contribution in [2.75, 3.05) is 14.1 Å². The molecule has 3 rings (SSSR count). The SMILES string of the molecule is CC(C)Cn1c(S[C@H](C(=O)N(C)C)c2ccccc2)nc2ccccc2c1=O. The summed E-state index contributed by atoms with van der Waals surface area (Å²) in [6.45, 7) is 4.68. The van der Waals surface area contributed by atoms with Crippen LogP contribution in [0.15, 0.2) is 64.5 Å². The highest BCUT2D eigenvalue weighted by molar-refractivity contribution is 8.00.